The maximum atomic E-state index is 12.0. The second-order valence-electron chi connectivity index (χ2n) is 7.28. The molecule has 1 aromatic carbocycles. The minimum atomic E-state index is -0.0885. The summed E-state index contributed by atoms with van der Waals surface area (Å²) in [6, 6.07) is 3.67. The van der Waals surface area contributed by atoms with E-state index in [2.05, 4.69) is 27.7 Å². The Balaban J connectivity index is 2.33. The monoisotopic (exact) mass is 318 g/mol. The van der Waals surface area contributed by atoms with Gasteiger partial charge in [0.1, 0.15) is 5.75 Å². The second kappa shape index (κ2) is 7.04. The SMILES string of the molecule is CCC1OC(Cc2cc(C)cc(O)c2C(C)=O)C(C)C(C)C1C. The highest BCUT2D eigenvalue weighted by Gasteiger charge is 2.38. The fourth-order valence-electron chi connectivity index (χ4n) is 3.96. The summed E-state index contributed by atoms with van der Waals surface area (Å²) in [6.45, 7) is 12.4. The van der Waals surface area contributed by atoms with E-state index in [1.54, 1.807) is 6.07 Å². The summed E-state index contributed by atoms with van der Waals surface area (Å²) < 4.78 is 6.36. The number of phenols is 1. The van der Waals surface area contributed by atoms with E-state index in [0.717, 1.165) is 17.5 Å². The molecule has 2 rings (SSSR count). The van der Waals surface area contributed by atoms with Crippen molar-refractivity contribution in [2.24, 2.45) is 17.8 Å². The molecule has 0 radical (unpaired) electrons. The van der Waals surface area contributed by atoms with Crippen molar-refractivity contribution in [3.05, 3.63) is 28.8 Å². The highest BCUT2D eigenvalue weighted by atomic mass is 16.5. The van der Waals surface area contributed by atoms with Gasteiger partial charge >= 0.3 is 0 Å². The molecule has 1 N–H and O–H groups in total. The van der Waals surface area contributed by atoms with E-state index < -0.39 is 0 Å². The van der Waals surface area contributed by atoms with Crippen LogP contribution in [-0.4, -0.2) is 23.1 Å². The molecule has 5 atom stereocenters. The quantitative estimate of drug-likeness (QED) is 0.830. The normalized spacial score (nSPS) is 31.1. The molecule has 1 saturated heterocycles. The van der Waals surface area contributed by atoms with Crippen LogP contribution in [0.15, 0.2) is 12.1 Å². The van der Waals surface area contributed by atoms with Crippen molar-refractivity contribution in [3.8, 4) is 5.75 Å². The number of carbonyl (C=O) groups excluding carboxylic acids is 1. The van der Waals surface area contributed by atoms with Gasteiger partial charge in [-0.25, -0.2) is 0 Å². The Morgan fingerprint density at radius 3 is 2.30 bits per heavy atom. The van der Waals surface area contributed by atoms with Crippen LogP contribution in [0.1, 0.15) is 62.5 Å². The van der Waals surface area contributed by atoms with Crippen LogP contribution in [0.5, 0.6) is 5.75 Å². The van der Waals surface area contributed by atoms with E-state index in [1.807, 2.05) is 13.0 Å². The van der Waals surface area contributed by atoms with E-state index in [9.17, 15) is 9.90 Å². The third-order valence-corrected chi connectivity index (χ3v) is 5.70. The molecule has 1 aromatic rings. The fourth-order valence-corrected chi connectivity index (χ4v) is 3.96. The maximum absolute atomic E-state index is 12.0. The first-order valence-corrected chi connectivity index (χ1v) is 8.75. The van der Waals surface area contributed by atoms with Crippen LogP contribution in [-0.2, 0) is 11.2 Å². The van der Waals surface area contributed by atoms with Crippen molar-refractivity contribution >= 4 is 5.78 Å². The van der Waals surface area contributed by atoms with Gasteiger partial charge in [0, 0.05) is 0 Å². The van der Waals surface area contributed by atoms with Gasteiger partial charge in [-0.15, -0.1) is 0 Å². The van der Waals surface area contributed by atoms with E-state index in [4.69, 9.17) is 4.74 Å². The molecule has 0 spiro atoms. The Hall–Kier alpha value is -1.35. The highest BCUT2D eigenvalue weighted by molar-refractivity contribution is 5.98. The third-order valence-electron chi connectivity index (χ3n) is 5.70. The topological polar surface area (TPSA) is 46.5 Å². The van der Waals surface area contributed by atoms with Crippen molar-refractivity contribution in [2.45, 2.75) is 66.6 Å². The van der Waals surface area contributed by atoms with Crippen LogP contribution >= 0.6 is 0 Å². The molecule has 0 bridgehead atoms. The van der Waals surface area contributed by atoms with Crippen LogP contribution in [0.4, 0.5) is 0 Å². The molecule has 0 saturated carbocycles. The van der Waals surface area contributed by atoms with Crippen LogP contribution in [0.2, 0.25) is 0 Å². The van der Waals surface area contributed by atoms with Gasteiger partial charge in [0.25, 0.3) is 0 Å². The van der Waals surface area contributed by atoms with Gasteiger partial charge in [0.2, 0.25) is 0 Å². The lowest BCUT2D eigenvalue weighted by Crippen LogP contribution is -2.45. The molecule has 1 aliphatic heterocycles. The predicted molar refractivity (Wildman–Crippen MR) is 93.0 cm³/mol. The summed E-state index contributed by atoms with van der Waals surface area (Å²) in [5.74, 6) is 1.55. The predicted octanol–water partition coefficient (Wildman–Crippen LogP) is 4.53. The fraction of sp³-hybridized carbons (Fsp3) is 0.650. The molecular weight excluding hydrogens is 288 g/mol. The Morgan fingerprint density at radius 2 is 1.74 bits per heavy atom. The molecule has 1 heterocycles. The van der Waals surface area contributed by atoms with E-state index in [-0.39, 0.29) is 23.7 Å². The number of ketones is 1. The van der Waals surface area contributed by atoms with Gasteiger partial charge in [-0.1, -0.05) is 33.8 Å². The van der Waals surface area contributed by atoms with Gasteiger partial charge in [-0.05, 0) is 61.6 Å². The smallest absolute Gasteiger partial charge is 0.163 e. The Morgan fingerprint density at radius 1 is 1.13 bits per heavy atom. The van der Waals surface area contributed by atoms with Gasteiger partial charge in [-0.3, -0.25) is 4.79 Å². The minimum absolute atomic E-state index is 0.0874. The first-order chi connectivity index (χ1) is 10.8. The summed E-state index contributed by atoms with van der Waals surface area (Å²) in [6.07, 6.45) is 2.04. The lowest BCUT2D eigenvalue weighted by Gasteiger charge is -2.44. The summed E-state index contributed by atoms with van der Waals surface area (Å²) in [7, 11) is 0. The number of Topliss-reactive ketones (excluding diaryl/α,β-unsaturated/α-hetero) is 1. The molecule has 0 aliphatic carbocycles. The zero-order valence-corrected chi connectivity index (χ0v) is 15.2. The number of phenolic OH excluding ortho intramolecular Hbond substituents is 1. The second-order valence-corrected chi connectivity index (χ2v) is 7.28. The number of ether oxygens (including phenoxy) is 1. The van der Waals surface area contributed by atoms with Crippen LogP contribution in [0.25, 0.3) is 0 Å². The number of rotatable bonds is 4. The third kappa shape index (κ3) is 3.60. The van der Waals surface area contributed by atoms with Crippen LogP contribution in [0.3, 0.4) is 0 Å². The lowest BCUT2D eigenvalue weighted by molar-refractivity contribution is -0.132. The Labute approximate surface area is 140 Å². The number of hydrogen-bond donors (Lipinski definition) is 1. The van der Waals surface area contributed by atoms with Gasteiger partial charge in [0.15, 0.2) is 5.78 Å². The first-order valence-electron chi connectivity index (χ1n) is 8.75. The Kier molecular flexibility index (Phi) is 5.51. The average molecular weight is 318 g/mol. The van der Waals surface area contributed by atoms with Crippen molar-refractivity contribution in [2.75, 3.05) is 0 Å². The molecule has 3 nitrogen and oxygen atoms in total. The molecule has 0 amide bonds. The van der Waals surface area contributed by atoms with Gasteiger partial charge < -0.3 is 9.84 Å². The average Bonchev–Trinajstić information content (AvgIpc) is 2.46. The lowest BCUT2D eigenvalue weighted by atomic mass is 9.74. The summed E-state index contributed by atoms with van der Waals surface area (Å²) in [5.41, 5.74) is 2.33. The standard InChI is InChI=1S/C20H30O3/c1-7-18-13(4)12(3)14(5)19(23-18)10-16-8-11(2)9-17(22)20(16)15(6)21/h8-9,12-14,18-19,22H,7,10H2,1-6H3. The van der Waals surface area contributed by atoms with Gasteiger partial charge in [0.05, 0.1) is 17.8 Å². The molecule has 0 aromatic heterocycles. The Bertz CT molecular complexity index is 576. The zero-order chi connectivity index (χ0) is 17.3. The van der Waals surface area contributed by atoms with E-state index in [1.165, 1.54) is 6.92 Å². The summed E-state index contributed by atoms with van der Waals surface area (Å²) >= 11 is 0. The highest BCUT2D eigenvalue weighted by Crippen LogP contribution is 2.38. The number of aromatic hydroxyl groups is 1. The molecule has 1 fully saturated rings. The molecule has 3 heteroatoms. The maximum Gasteiger partial charge on any atom is 0.163 e. The van der Waals surface area contributed by atoms with E-state index >= 15 is 0 Å². The van der Waals surface area contributed by atoms with Crippen molar-refractivity contribution < 1.29 is 14.6 Å². The largest absolute Gasteiger partial charge is 0.507 e. The summed E-state index contributed by atoms with van der Waals surface area (Å²) in [5, 5.41) is 10.2. The molecular formula is C20H30O3. The zero-order valence-electron chi connectivity index (χ0n) is 15.2. The van der Waals surface area contributed by atoms with Crippen molar-refractivity contribution in [1.82, 2.24) is 0 Å². The van der Waals surface area contributed by atoms with Gasteiger partial charge in [-0.2, -0.15) is 0 Å². The molecule has 23 heavy (non-hydrogen) atoms. The number of carbonyl (C=O) groups is 1. The van der Waals surface area contributed by atoms with Crippen LogP contribution in [0, 0.1) is 24.7 Å². The minimum Gasteiger partial charge on any atom is -0.507 e. The number of aryl methyl sites for hydroxylation is 1. The van der Waals surface area contributed by atoms with Crippen molar-refractivity contribution in [1.29, 1.82) is 0 Å². The van der Waals surface area contributed by atoms with E-state index in [0.29, 0.717) is 29.7 Å². The molecule has 5 unspecified atom stereocenters. The summed E-state index contributed by atoms with van der Waals surface area (Å²) in [4.78, 5) is 12.0. The molecule has 1 aliphatic rings. The number of hydrogen-bond acceptors (Lipinski definition) is 3. The molecule has 128 valence electrons. The first kappa shape index (κ1) is 18.0. The van der Waals surface area contributed by atoms with Crippen LogP contribution < -0.4 is 0 Å². The van der Waals surface area contributed by atoms with Crippen molar-refractivity contribution in [3.63, 3.8) is 0 Å². The number of benzene rings is 1.